The molecular weight excluding hydrogens is 156 g/mol. The van der Waals surface area contributed by atoms with E-state index in [1.54, 1.807) is 0 Å². The highest BCUT2D eigenvalue weighted by molar-refractivity contribution is 4.70. The van der Waals surface area contributed by atoms with Crippen molar-refractivity contribution in [1.82, 2.24) is 0 Å². The zero-order chi connectivity index (χ0) is 10.1. The molecule has 0 aliphatic heterocycles. The molecule has 1 aliphatic rings. The Balaban J connectivity index is 0.000000424. The molecule has 0 atom stereocenters. The van der Waals surface area contributed by atoms with Gasteiger partial charge in [-0.15, -0.1) is 0 Å². The Hall–Kier alpha value is 0. The fourth-order valence-electron chi connectivity index (χ4n) is 2.05. The second kappa shape index (κ2) is 8.59. The van der Waals surface area contributed by atoms with E-state index in [2.05, 4.69) is 27.7 Å². The van der Waals surface area contributed by atoms with Crippen LogP contribution < -0.4 is 0 Å². The van der Waals surface area contributed by atoms with Crippen LogP contribution in [0.25, 0.3) is 0 Å². The lowest BCUT2D eigenvalue weighted by molar-refractivity contribution is 0.264. The van der Waals surface area contributed by atoms with E-state index in [9.17, 15) is 0 Å². The minimum Gasteiger partial charge on any atom is -0.0656 e. The van der Waals surface area contributed by atoms with E-state index in [4.69, 9.17) is 0 Å². The van der Waals surface area contributed by atoms with Gasteiger partial charge in [-0.2, -0.15) is 0 Å². The van der Waals surface area contributed by atoms with Crippen LogP contribution in [0, 0.1) is 11.8 Å². The lowest BCUT2D eigenvalue weighted by Gasteiger charge is -2.26. The summed E-state index contributed by atoms with van der Waals surface area (Å²) in [5.74, 6) is 2.14. The van der Waals surface area contributed by atoms with E-state index >= 15 is 0 Å². The molecule has 0 nitrogen and oxygen atoms in total. The molecule has 0 aromatic rings. The van der Waals surface area contributed by atoms with E-state index in [1.807, 2.05) is 0 Å². The van der Waals surface area contributed by atoms with Gasteiger partial charge in [0.2, 0.25) is 0 Å². The molecule has 0 heteroatoms. The number of hydrogen-bond acceptors (Lipinski definition) is 0. The summed E-state index contributed by atoms with van der Waals surface area (Å²) in [6, 6.07) is 0. The standard InChI is InChI=1S/C10H20.C3H8/c1-3-9-5-7-10(4-2)8-6-9;1-3-2/h9-10H,3-8H2,1-2H3;3H2,1-2H3. The Bertz CT molecular complexity index is 76.2. The summed E-state index contributed by atoms with van der Waals surface area (Å²) in [5, 5.41) is 0. The second-order valence-electron chi connectivity index (χ2n) is 4.41. The smallest absolute Gasteiger partial charge is 0.0417 e. The number of hydrogen-bond donors (Lipinski definition) is 0. The first-order valence-electron chi connectivity index (χ1n) is 6.28. The van der Waals surface area contributed by atoms with Crippen molar-refractivity contribution in [3.8, 4) is 0 Å². The molecule has 0 bridgehead atoms. The normalized spacial score (nSPS) is 27.7. The van der Waals surface area contributed by atoms with Crippen LogP contribution in [0.5, 0.6) is 0 Å². The summed E-state index contributed by atoms with van der Waals surface area (Å²) < 4.78 is 0. The van der Waals surface area contributed by atoms with Gasteiger partial charge in [0.25, 0.3) is 0 Å². The van der Waals surface area contributed by atoms with Gasteiger partial charge >= 0.3 is 0 Å². The first kappa shape index (κ1) is 13.0. The minimum absolute atomic E-state index is 1.07. The fourth-order valence-corrected chi connectivity index (χ4v) is 2.05. The summed E-state index contributed by atoms with van der Waals surface area (Å²) in [4.78, 5) is 0. The lowest BCUT2D eigenvalue weighted by Crippen LogP contribution is -2.12. The summed E-state index contributed by atoms with van der Waals surface area (Å²) in [5.41, 5.74) is 0. The van der Waals surface area contributed by atoms with Gasteiger partial charge in [0, 0.05) is 0 Å². The largest absolute Gasteiger partial charge is 0.0656 e. The van der Waals surface area contributed by atoms with E-state index < -0.39 is 0 Å². The van der Waals surface area contributed by atoms with Gasteiger partial charge in [0.1, 0.15) is 0 Å². The molecule has 0 amide bonds. The van der Waals surface area contributed by atoms with Crippen LogP contribution in [0.15, 0.2) is 0 Å². The van der Waals surface area contributed by atoms with Crippen LogP contribution in [0.2, 0.25) is 0 Å². The van der Waals surface area contributed by atoms with E-state index in [0.29, 0.717) is 0 Å². The molecule has 0 saturated heterocycles. The Morgan fingerprint density at radius 1 is 0.692 bits per heavy atom. The number of rotatable bonds is 2. The molecule has 1 aliphatic carbocycles. The van der Waals surface area contributed by atoms with Crippen molar-refractivity contribution in [3.63, 3.8) is 0 Å². The third-order valence-corrected chi connectivity index (χ3v) is 3.12. The van der Waals surface area contributed by atoms with Crippen molar-refractivity contribution < 1.29 is 0 Å². The van der Waals surface area contributed by atoms with Crippen molar-refractivity contribution in [2.75, 3.05) is 0 Å². The molecule has 13 heavy (non-hydrogen) atoms. The molecule has 0 heterocycles. The van der Waals surface area contributed by atoms with Gasteiger partial charge in [-0.05, 0) is 11.8 Å². The first-order chi connectivity index (χ1) is 6.28. The quantitative estimate of drug-likeness (QED) is 0.564. The lowest BCUT2D eigenvalue weighted by atomic mass is 9.80. The molecule has 0 spiro atoms. The van der Waals surface area contributed by atoms with Crippen LogP contribution in [-0.4, -0.2) is 0 Å². The maximum Gasteiger partial charge on any atom is -0.0417 e. The maximum absolute atomic E-state index is 2.33. The molecule has 80 valence electrons. The van der Waals surface area contributed by atoms with E-state index in [-0.39, 0.29) is 0 Å². The van der Waals surface area contributed by atoms with Gasteiger partial charge in [-0.3, -0.25) is 0 Å². The summed E-state index contributed by atoms with van der Waals surface area (Å²) in [6.07, 6.45) is 10.1. The van der Waals surface area contributed by atoms with Crippen molar-refractivity contribution >= 4 is 0 Å². The van der Waals surface area contributed by atoms with Crippen molar-refractivity contribution in [2.45, 2.75) is 72.6 Å². The van der Waals surface area contributed by atoms with Crippen LogP contribution >= 0.6 is 0 Å². The summed E-state index contributed by atoms with van der Waals surface area (Å²) in [7, 11) is 0. The van der Waals surface area contributed by atoms with Gasteiger partial charge < -0.3 is 0 Å². The van der Waals surface area contributed by atoms with Gasteiger partial charge in [0.05, 0.1) is 0 Å². The molecule has 0 N–H and O–H groups in total. The highest BCUT2D eigenvalue weighted by atomic mass is 14.2. The summed E-state index contributed by atoms with van der Waals surface area (Å²) >= 11 is 0. The topological polar surface area (TPSA) is 0 Å². The van der Waals surface area contributed by atoms with Gasteiger partial charge in [-0.25, -0.2) is 0 Å². The predicted molar refractivity (Wildman–Crippen MR) is 62.0 cm³/mol. The van der Waals surface area contributed by atoms with Crippen molar-refractivity contribution in [2.24, 2.45) is 11.8 Å². The predicted octanol–water partition coefficient (Wildman–Crippen LogP) is 5.03. The van der Waals surface area contributed by atoms with Gasteiger partial charge in [0.15, 0.2) is 0 Å². The third-order valence-electron chi connectivity index (χ3n) is 3.12. The molecule has 0 unspecified atom stereocenters. The zero-order valence-electron chi connectivity index (χ0n) is 10.1. The monoisotopic (exact) mass is 184 g/mol. The highest BCUT2D eigenvalue weighted by Gasteiger charge is 2.17. The minimum atomic E-state index is 1.07. The Morgan fingerprint density at radius 3 is 1.08 bits per heavy atom. The average Bonchev–Trinajstić information content (AvgIpc) is 2.19. The van der Waals surface area contributed by atoms with Crippen LogP contribution in [-0.2, 0) is 0 Å². The molecular formula is C13H28. The zero-order valence-corrected chi connectivity index (χ0v) is 10.1. The van der Waals surface area contributed by atoms with Crippen molar-refractivity contribution in [1.29, 1.82) is 0 Å². The molecule has 1 fully saturated rings. The molecule has 0 radical (unpaired) electrons. The Labute approximate surface area is 85.1 Å². The second-order valence-corrected chi connectivity index (χ2v) is 4.41. The molecule has 0 aromatic carbocycles. The molecule has 0 aromatic heterocycles. The maximum atomic E-state index is 2.33. The molecule has 1 rings (SSSR count). The van der Waals surface area contributed by atoms with Gasteiger partial charge in [-0.1, -0.05) is 72.6 Å². The Morgan fingerprint density at radius 2 is 0.923 bits per heavy atom. The van der Waals surface area contributed by atoms with Crippen molar-refractivity contribution in [3.05, 3.63) is 0 Å². The van der Waals surface area contributed by atoms with Crippen LogP contribution in [0.3, 0.4) is 0 Å². The van der Waals surface area contributed by atoms with E-state index in [0.717, 1.165) is 11.8 Å². The highest BCUT2D eigenvalue weighted by Crippen LogP contribution is 2.31. The summed E-state index contributed by atoms with van der Waals surface area (Å²) in [6.45, 7) is 8.91. The Kier molecular flexibility index (Phi) is 8.59. The molecule has 1 saturated carbocycles. The van der Waals surface area contributed by atoms with E-state index in [1.165, 1.54) is 44.9 Å². The first-order valence-corrected chi connectivity index (χ1v) is 6.28. The van der Waals surface area contributed by atoms with Crippen LogP contribution in [0.4, 0.5) is 0 Å². The average molecular weight is 184 g/mol. The van der Waals surface area contributed by atoms with Crippen LogP contribution in [0.1, 0.15) is 72.6 Å². The SMILES string of the molecule is CCC.CCC1CCC(CC)CC1. The fraction of sp³-hybridized carbons (Fsp3) is 1.00. The third kappa shape index (κ3) is 6.12.